The lowest BCUT2D eigenvalue weighted by Gasteiger charge is -2.20. The van der Waals surface area contributed by atoms with Gasteiger partial charge in [0.05, 0.1) is 0 Å². The van der Waals surface area contributed by atoms with Gasteiger partial charge in [0.2, 0.25) is 5.91 Å². The van der Waals surface area contributed by atoms with Crippen LogP contribution >= 0.6 is 0 Å². The van der Waals surface area contributed by atoms with Crippen LogP contribution in [0.5, 0.6) is 0 Å². The summed E-state index contributed by atoms with van der Waals surface area (Å²) in [5.74, 6) is -0.384. The standard InChI is InChI=1S/C13H21N3O/c1-10(16(2)3)8-15-9-11-4-6-12(7-5-11)13(14)17/h4-7,10,15H,8-9H2,1-3H3,(H2,14,17). The first-order chi connectivity index (χ1) is 8.00. The molecule has 0 radical (unpaired) electrons. The molecule has 0 aliphatic carbocycles. The van der Waals surface area contributed by atoms with Gasteiger partial charge >= 0.3 is 0 Å². The van der Waals surface area contributed by atoms with E-state index in [-0.39, 0.29) is 5.91 Å². The van der Waals surface area contributed by atoms with E-state index in [0.717, 1.165) is 18.7 Å². The highest BCUT2D eigenvalue weighted by molar-refractivity contribution is 5.92. The number of benzene rings is 1. The molecule has 0 aliphatic rings. The fraction of sp³-hybridized carbons (Fsp3) is 0.462. The molecule has 0 fully saturated rings. The van der Waals surface area contributed by atoms with Crippen LogP contribution in [0.15, 0.2) is 24.3 Å². The van der Waals surface area contributed by atoms with Crippen LogP contribution < -0.4 is 11.1 Å². The summed E-state index contributed by atoms with van der Waals surface area (Å²) >= 11 is 0. The van der Waals surface area contributed by atoms with E-state index in [1.807, 2.05) is 12.1 Å². The second kappa shape index (κ2) is 6.37. The van der Waals surface area contributed by atoms with E-state index in [9.17, 15) is 4.79 Å². The molecule has 0 aromatic heterocycles. The second-order valence-corrected chi connectivity index (χ2v) is 4.50. The van der Waals surface area contributed by atoms with E-state index in [2.05, 4.69) is 31.2 Å². The van der Waals surface area contributed by atoms with Crippen molar-refractivity contribution in [1.29, 1.82) is 0 Å². The average molecular weight is 235 g/mol. The van der Waals surface area contributed by atoms with Gasteiger partial charge < -0.3 is 16.0 Å². The van der Waals surface area contributed by atoms with Crippen LogP contribution in [0.25, 0.3) is 0 Å². The van der Waals surface area contributed by atoms with E-state index in [4.69, 9.17) is 5.73 Å². The maximum absolute atomic E-state index is 10.9. The molecule has 0 bridgehead atoms. The molecule has 0 spiro atoms. The number of nitrogens with one attached hydrogen (secondary N) is 1. The van der Waals surface area contributed by atoms with E-state index in [1.165, 1.54) is 0 Å². The molecule has 1 amide bonds. The third kappa shape index (κ3) is 4.54. The number of nitrogens with zero attached hydrogens (tertiary/aromatic N) is 1. The number of rotatable bonds is 6. The number of hydrogen-bond acceptors (Lipinski definition) is 3. The van der Waals surface area contributed by atoms with Crippen molar-refractivity contribution in [2.75, 3.05) is 20.6 Å². The normalized spacial score (nSPS) is 12.7. The van der Waals surface area contributed by atoms with Crippen LogP contribution in [0.2, 0.25) is 0 Å². The van der Waals surface area contributed by atoms with Crippen LogP contribution in [0.4, 0.5) is 0 Å². The Kier molecular flexibility index (Phi) is 5.12. The minimum absolute atomic E-state index is 0.384. The van der Waals surface area contributed by atoms with Gasteiger partial charge in [-0.25, -0.2) is 0 Å². The van der Waals surface area contributed by atoms with Crippen LogP contribution in [0.3, 0.4) is 0 Å². The highest BCUT2D eigenvalue weighted by atomic mass is 16.1. The molecule has 4 nitrogen and oxygen atoms in total. The first-order valence-electron chi connectivity index (χ1n) is 5.76. The number of amides is 1. The van der Waals surface area contributed by atoms with Crippen molar-refractivity contribution in [2.45, 2.75) is 19.5 Å². The summed E-state index contributed by atoms with van der Waals surface area (Å²) in [6, 6.07) is 7.87. The van der Waals surface area contributed by atoms with Crippen molar-refractivity contribution < 1.29 is 4.79 Å². The molecule has 0 saturated heterocycles. The van der Waals surface area contributed by atoms with Gasteiger partial charge in [0.1, 0.15) is 0 Å². The molecule has 3 N–H and O–H groups in total. The minimum Gasteiger partial charge on any atom is -0.366 e. The lowest BCUT2D eigenvalue weighted by atomic mass is 10.1. The summed E-state index contributed by atoms with van der Waals surface area (Å²) in [6.07, 6.45) is 0. The molecule has 0 saturated carbocycles. The summed E-state index contributed by atoms with van der Waals surface area (Å²) in [7, 11) is 4.13. The summed E-state index contributed by atoms with van der Waals surface area (Å²) in [5.41, 5.74) is 6.88. The molecule has 4 heteroatoms. The zero-order valence-electron chi connectivity index (χ0n) is 10.7. The number of hydrogen-bond donors (Lipinski definition) is 2. The molecule has 1 unspecified atom stereocenters. The number of nitrogens with two attached hydrogens (primary N) is 1. The highest BCUT2D eigenvalue weighted by Crippen LogP contribution is 2.03. The zero-order chi connectivity index (χ0) is 12.8. The van der Waals surface area contributed by atoms with Crippen LogP contribution in [-0.4, -0.2) is 37.5 Å². The molecule has 17 heavy (non-hydrogen) atoms. The van der Waals surface area contributed by atoms with Gasteiger partial charge in [-0.15, -0.1) is 0 Å². The molecule has 1 rings (SSSR count). The van der Waals surface area contributed by atoms with Crippen molar-refractivity contribution in [3.63, 3.8) is 0 Å². The molecule has 1 atom stereocenters. The molecule has 94 valence electrons. The van der Waals surface area contributed by atoms with E-state index in [0.29, 0.717) is 11.6 Å². The number of carbonyl (C=O) groups is 1. The molecule has 0 aliphatic heterocycles. The first-order valence-corrected chi connectivity index (χ1v) is 5.76. The third-order valence-corrected chi connectivity index (χ3v) is 2.89. The molecule has 0 heterocycles. The Hall–Kier alpha value is -1.39. The van der Waals surface area contributed by atoms with Crippen molar-refractivity contribution in [1.82, 2.24) is 10.2 Å². The van der Waals surface area contributed by atoms with E-state index in [1.54, 1.807) is 12.1 Å². The van der Waals surface area contributed by atoms with Crippen molar-refractivity contribution in [2.24, 2.45) is 5.73 Å². The van der Waals surface area contributed by atoms with E-state index >= 15 is 0 Å². The largest absolute Gasteiger partial charge is 0.366 e. The number of primary amides is 1. The molecular weight excluding hydrogens is 214 g/mol. The second-order valence-electron chi connectivity index (χ2n) is 4.50. The smallest absolute Gasteiger partial charge is 0.248 e. The van der Waals surface area contributed by atoms with Crippen molar-refractivity contribution in [3.05, 3.63) is 35.4 Å². The van der Waals surface area contributed by atoms with Gasteiger partial charge in [-0.05, 0) is 38.7 Å². The Morgan fingerprint density at radius 3 is 2.41 bits per heavy atom. The SMILES string of the molecule is CC(CNCc1ccc(C(N)=O)cc1)N(C)C. The summed E-state index contributed by atoms with van der Waals surface area (Å²) in [6.45, 7) is 3.91. The average Bonchev–Trinajstić information content (AvgIpc) is 2.29. The molecule has 1 aromatic carbocycles. The molecular formula is C13H21N3O. The summed E-state index contributed by atoms with van der Waals surface area (Å²) < 4.78 is 0. The predicted octanol–water partition coefficient (Wildman–Crippen LogP) is 0.825. The van der Waals surface area contributed by atoms with E-state index < -0.39 is 0 Å². The zero-order valence-corrected chi connectivity index (χ0v) is 10.7. The van der Waals surface area contributed by atoms with Gasteiger partial charge in [0, 0.05) is 24.7 Å². The molecule has 1 aromatic rings. The number of carbonyl (C=O) groups excluding carboxylic acids is 1. The Balaban J connectivity index is 2.40. The number of likely N-dealkylation sites (N-methyl/N-ethyl adjacent to an activating group) is 1. The topological polar surface area (TPSA) is 58.4 Å². The van der Waals surface area contributed by atoms with Crippen LogP contribution in [-0.2, 0) is 6.54 Å². The Labute approximate surface area is 103 Å². The third-order valence-electron chi connectivity index (χ3n) is 2.89. The van der Waals surface area contributed by atoms with Crippen molar-refractivity contribution in [3.8, 4) is 0 Å². The maximum atomic E-state index is 10.9. The maximum Gasteiger partial charge on any atom is 0.248 e. The highest BCUT2D eigenvalue weighted by Gasteiger charge is 2.03. The first kappa shape index (κ1) is 13.7. The lowest BCUT2D eigenvalue weighted by Crippen LogP contribution is -2.35. The predicted molar refractivity (Wildman–Crippen MR) is 69.8 cm³/mol. The fourth-order valence-electron chi connectivity index (χ4n) is 1.39. The Morgan fingerprint density at radius 2 is 1.94 bits per heavy atom. The van der Waals surface area contributed by atoms with Gasteiger partial charge in [-0.1, -0.05) is 12.1 Å². The summed E-state index contributed by atoms with van der Waals surface area (Å²) in [5, 5.41) is 3.37. The van der Waals surface area contributed by atoms with Gasteiger partial charge in [0.15, 0.2) is 0 Å². The van der Waals surface area contributed by atoms with Crippen molar-refractivity contribution >= 4 is 5.91 Å². The van der Waals surface area contributed by atoms with Crippen LogP contribution in [0, 0.1) is 0 Å². The van der Waals surface area contributed by atoms with Gasteiger partial charge in [-0.2, -0.15) is 0 Å². The van der Waals surface area contributed by atoms with Gasteiger partial charge in [0.25, 0.3) is 0 Å². The Morgan fingerprint density at radius 1 is 1.35 bits per heavy atom. The lowest BCUT2D eigenvalue weighted by molar-refractivity contribution is 0.100. The fourth-order valence-corrected chi connectivity index (χ4v) is 1.39. The Bertz CT molecular complexity index is 359. The minimum atomic E-state index is -0.384. The monoisotopic (exact) mass is 235 g/mol. The summed E-state index contributed by atoms with van der Waals surface area (Å²) in [4.78, 5) is 13.1. The van der Waals surface area contributed by atoms with Gasteiger partial charge in [-0.3, -0.25) is 4.79 Å². The van der Waals surface area contributed by atoms with Crippen LogP contribution in [0.1, 0.15) is 22.8 Å². The quantitative estimate of drug-likeness (QED) is 0.767.